The Bertz CT molecular complexity index is 866. The van der Waals surface area contributed by atoms with Gasteiger partial charge in [-0.15, -0.1) is 6.04 Å². The molecule has 0 unspecified atom stereocenters. The topological polar surface area (TPSA) is 79.3 Å². The van der Waals surface area contributed by atoms with Crippen LogP contribution < -0.4 is 10.9 Å². The number of hydrogen-bond donors (Lipinski definition) is 1. The Labute approximate surface area is 189 Å². The monoisotopic (exact) mass is 612 g/mol. The molecule has 1 aromatic heterocycles. The maximum Gasteiger partial charge on any atom is 2.00 e. The van der Waals surface area contributed by atoms with Crippen molar-refractivity contribution in [2.75, 3.05) is 12.4 Å². The van der Waals surface area contributed by atoms with Crippen LogP contribution in [-0.2, 0) is 7.05 Å². The first-order valence-corrected chi connectivity index (χ1v) is 8.86. The van der Waals surface area contributed by atoms with Crippen molar-refractivity contribution in [1.82, 2.24) is 4.57 Å². The summed E-state index contributed by atoms with van der Waals surface area (Å²) in [7, 11) is 3.36. The van der Waals surface area contributed by atoms with Crippen LogP contribution in [0.2, 0.25) is 0 Å². The summed E-state index contributed by atoms with van der Waals surface area (Å²) in [5.74, 6) is -0.536. The largest absolute Gasteiger partial charge is 2.00 e. The number of anilines is 2. The number of aromatic nitrogens is 1. The summed E-state index contributed by atoms with van der Waals surface area (Å²) in [5.41, 5.74) is 1.29. The first-order chi connectivity index (χ1) is 12.7. The molecule has 3 rings (SSSR count). The van der Waals surface area contributed by atoms with E-state index < -0.39 is 11.7 Å². The number of carbonyl (C=O) groups excluding carboxylic acids is 1. The predicted molar refractivity (Wildman–Crippen MR) is 109 cm³/mol. The number of rotatable bonds is 3. The van der Waals surface area contributed by atoms with Crippen molar-refractivity contribution in [2.24, 2.45) is 7.05 Å². The molecule has 1 aliphatic rings. The Morgan fingerprint density at radius 1 is 1.14 bits per heavy atom. The van der Waals surface area contributed by atoms with E-state index in [0.717, 1.165) is 5.56 Å². The number of aryl methyl sites for hydroxylation is 1. The molecule has 1 N–H and O–H groups in total. The summed E-state index contributed by atoms with van der Waals surface area (Å²) in [6.07, 6.45) is 0. The van der Waals surface area contributed by atoms with Crippen LogP contribution in [0.4, 0.5) is 21.6 Å². The molecular formula is C20H27FN4O2U. The number of hydrogen-bond acceptors (Lipinski definition) is 3. The molecule has 0 saturated carbocycles. The summed E-state index contributed by atoms with van der Waals surface area (Å²) in [4.78, 5) is 23.3. The van der Waals surface area contributed by atoms with Gasteiger partial charge in [-0.1, -0.05) is 40.8 Å². The molecule has 1 aromatic carbocycles. The van der Waals surface area contributed by atoms with Crippen molar-refractivity contribution in [3.63, 3.8) is 0 Å². The van der Waals surface area contributed by atoms with Gasteiger partial charge in [-0.25, -0.2) is 4.39 Å². The van der Waals surface area contributed by atoms with E-state index in [1.54, 1.807) is 19.1 Å². The van der Waals surface area contributed by atoms with E-state index in [1.165, 1.54) is 23.7 Å². The fourth-order valence-corrected chi connectivity index (χ4v) is 2.09. The van der Waals surface area contributed by atoms with Crippen LogP contribution in [0.25, 0.3) is 10.6 Å². The number of pyridine rings is 1. The summed E-state index contributed by atoms with van der Waals surface area (Å²) in [5, 5.41) is 10.4. The van der Waals surface area contributed by atoms with Gasteiger partial charge in [-0.2, -0.15) is 7.05 Å². The number of carbonyl (C=O) groups is 1. The van der Waals surface area contributed by atoms with E-state index in [1.807, 2.05) is 20.9 Å². The van der Waals surface area contributed by atoms with Crippen LogP contribution in [0.3, 0.4) is 0 Å². The Kier molecular flexibility index (Phi) is 11.4. The van der Waals surface area contributed by atoms with E-state index in [9.17, 15) is 14.0 Å². The molecule has 0 radical (unpaired) electrons. The van der Waals surface area contributed by atoms with Crippen LogP contribution in [0, 0.1) is 43.9 Å². The summed E-state index contributed by atoms with van der Waals surface area (Å²) >= 11 is 0. The summed E-state index contributed by atoms with van der Waals surface area (Å²) in [6, 6.07) is 6.46. The van der Waals surface area contributed by atoms with Gasteiger partial charge in [-0.05, 0) is 30.4 Å². The Morgan fingerprint density at radius 3 is 2.18 bits per heavy atom. The van der Waals surface area contributed by atoms with Crippen LogP contribution in [0.1, 0.15) is 43.6 Å². The molecule has 150 valence electrons. The van der Waals surface area contributed by atoms with Gasteiger partial charge in [0.25, 0.3) is 0 Å². The number of fused-ring (bicyclic) bond motifs is 1. The maximum absolute atomic E-state index is 13.8. The van der Waals surface area contributed by atoms with Crippen LogP contribution in [0.5, 0.6) is 0 Å². The zero-order valence-electron chi connectivity index (χ0n) is 17.4. The average Bonchev–Trinajstić information content (AvgIpc) is 2.62. The minimum absolute atomic E-state index is 0. The third kappa shape index (κ3) is 6.47. The van der Waals surface area contributed by atoms with E-state index in [-0.39, 0.29) is 48.0 Å². The first-order valence-electron chi connectivity index (χ1n) is 8.86. The minimum Gasteiger partial charge on any atom is -0.663 e. The maximum atomic E-state index is 13.8. The number of halogens is 1. The average molecular weight is 612 g/mol. The van der Waals surface area contributed by atoms with E-state index in [2.05, 4.69) is 29.8 Å². The second kappa shape index (κ2) is 12.1. The first kappa shape index (κ1) is 26.4. The number of amides is 1. The second-order valence-corrected chi connectivity index (χ2v) is 6.03. The van der Waals surface area contributed by atoms with Crippen molar-refractivity contribution >= 4 is 23.1 Å². The molecule has 0 fully saturated rings. The molecule has 2 heterocycles. The van der Waals surface area contributed by atoms with Gasteiger partial charge in [-0.3, -0.25) is 9.59 Å². The number of benzene rings is 1. The normalized spacial score (nSPS) is 10.8. The quantitative estimate of drug-likeness (QED) is 0.521. The van der Waals surface area contributed by atoms with Crippen molar-refractivity contribution in [3.05, 3.63) is 62.2 Å². The SMILES string of the molecule is CC.C[N-]C(C)C.Cc1ccc(Nc2cc(=O)n(C)c3c2C(=O)[N-]3)c(F)c1.[U+2]. The molecule has 2 aromatic rings. The molecule has 1 amide bonds. The van der Waals surface area contributed by atoms with E-state index in [0.29, 0.717) is 17.4 Å². The van der Waals surface area contributed by atoms with Crippen molar-refractivity contribution in [2.45, 2.75) is 40.7 Å². The van der Waals surface area contributed by atoms with Crippen molar-refractivity contribution in [3.8, 4) is 0 Å². The van der Waals surface area contributed by atoms with E-state index in [4.69, 9.17) is 0 Å². The van der Waals surface area contributed by atoms with Crippen LogP contribution >= 0.6 is 0 Å². The molecule has 0 spiro atoms. The molecule has 8 heteroatoms. The zero-order valence-corrected chi connectivity index (χ0v) is 21.6. The fourth-order valence-electron chi connectivity index (χ4n) is 2.09. The standard InChI is InChI=1S/C14H12FN3O2.C4H10N.C2H6.U/c1-7-3-4-9(8(15)5-7)16-10-6-11(19)18(2)13-12(10)14(20)17-13;1-4(2)5-3;1-2;/h3-6H,1-2H3,(H2,16,17,19,20);4H,1-3H3;1-2H3;/q;-1;;+2/p-1. The Balaban J connectivity index is 0.000000800. The number of nitrogens with one attached hydrogen (secondary N) is 1. The summed E-state index contributed by atoms with van der Waals surface area (Å²) < 4.78 is 15.1. The van der Waals surface area contributed by atoms with Gasteiger partial charge in [0, 0.05) is 11.6 Å². The van der Waals surface area contributed by atoms with Gasteiger partial charge >= 0.3 is 31.1 Å². The summed E-state index contributed by atoms with van der Waals surface area (Å²) in [6.45, 7) is 9.89. The third-order valence-corrected chi connectivity index (χ3v) is 3.74. The Morgan fingerprint density at radius 2 is 1.71 bits per heavy atom. The molecule has 28 heavy (non-hydrogen) atoms. The van der Waals surface area contributed by atoms with Crippen molar-refractivity contribution in [1.29, 1.82) is 0 Å². The molecule has 0 aliphatic carbocycles. The van der Waals surface area contributed by atoms with Gasteiger partial charge < -0.3 is 20.5 Å². The molecular weight excluding hydrogens is 585 g/mol. The van der Waals surface area contributed by atoms with Gasteiger partial charge in [0.05, 0.1) is 11.4 Å². The van der Waals surface area contributed by atoms with Gasteiger partial charge in [0.2, 0.25) is 0 Å². The van der Waals surface area contributed by atoms with Crippen molar-refractivity contribution < 1.29 is 40.3 Å². The third-order valence-electron chi connectivity index (χ3n) is 3.74. The predicted octanol–water partition coefficient (Wildman–Crippen LogP) is 5.16. The number of nitrogens with zero attached hydrogens (tertiary/aromatic N) is 3. The Hall–Kier alpha value is -1.62. The molecule has 0 bridgehead atoms. The molecule has 0 saturated heterocycles. The molecule has 0 atom stereocenters. The van der Waals surface area contributed by atoms with E-state index >= 15 is 0 Å². The molecule has 6 nitrogen and oxygen atoms in total. The fraction of sp³-hybridized carbons (Fsp3) is 0.400. The zero-order chi connectivity index (χ0) is 20.7. The smallest absolute Gasteiger partial charge is 0.663 e. The minimum atomic E-state index is -0.442. The van der Waals surface area contributed by atoms with Crippen LogP contribution in [-0.4, -0.2) is 23.6 Å². The van der Waals surface area contributed by atoms with Crippen LogP contribution in [0.15, 0.2) is 29.1 Å². The second-order valence-electron chi connectivity index (χ2n) is 6.03. The van der Waals surface area contributed by atoms with Gasteiger partial charge in [0.1, 0.15) is 5.82 Å². The van der Waals surface area contributed by atoms with Gasteiger partial charge in [0.15, 0.2) is 11.5 Å². The molecule has 1 aliphatic heterocycles.